The number of nitrogens with one attached hydrogen (secondary N) is 1. The molecule has 114 valence electrons. The predicted octanol–water partition coefficient (Wildman–Crippen LogP) is 1.29. The molecule has 6 heteroatoms. The number of methoxy groups -OCH3 is 1. The average molecular weight is 300 g/mol. The van der Waals surface area contributed by atoms with E-state index < -0.39 is 9.84 Å². The summed E-state index contributed by atoms with van der Waals surface area (Å²) in [5.74, 6) is 0.649. The Morgan fingerprint density at radius 2 is 1.90 bits per heavy atom. The number of sulfone groups is 1. The van der Waals surface area contributed by atoms with Crippen molar-refractivity contribution in [1.82, 2.24) is 5.32 Å². The van der Waals surface area contributed by atoms with Gasteiger partial charge in [-0.15, -0.1) is 0 Å². The quantitative estimate of drug-likeness (QED) is 0.742. The fourth-order valence-electron chi connectivity index (χ4n) is 2.22. The number of rotatable bonds is 7. The highest BCUT2D eigenvalue weighted by atomic mass is 32.2. The normalized spacial score (nSPS) is 11.7. The topological polar surface area (TPSA) is 81.4 Å². The number of hydrogen-bond donors (Lipinski definition) is 2. The van der Waals surface area contributed by atoms with Crippen LogP contribution in [0.5, 0.6) is 5.75 Å². The number of nitrogens with two attached hydrogens (primary N) is 1. The summed E-state index contributed by atoms with van der Waals surface area (Å²) in [6.07, 6.45) is 0.759. The zero-order chi connectivity index (χ0) is 15.3. The summed E-state index contributed by atoms with van der Waals surface area (Å²) in [7, 11) is -1.77. The first-order chi connectivity index (χ1) is 9.35. The van der Waals surface area contributed by atoms with Crippen molar-refractivity contribution >= 4 is 9.84 Å². The van der Waals surface area contributed by atoms with Gasteiger partial charge in [-0.1, -0.05) is 0 Å². The minimum absolute atomic E-state index is 0.0690. The van der Waals surface area contributed by atoms with Crippen LogP contribution in [0.4, 0.5) is 0 Å². The third-order valence-electron chi connectivity index (χ3n) is 3.36. The smallest absolute Gasteiger partial charge is 0.191 e. The van der Waals surface area contributed by atoms with Gasteiger partial charge in [-0.3, -0.25) is 0 Å². The first-order valence-electron chi connectivity index (χ1n) is 6.63. The van der Waals surface area contributed by atoms with Crippen molar-refractivity contribution in [3.05, 3.63) is 22.8 Å². The van der Waals surface area contributed by atoms with Crippen LogP contribution in [-0.4, -0.2) is 34.5 Å². The van der Waals surface area contributed by atoms with Crippen molar-refractivity contribution in [3.8, 4) is 5.75 Å². The molecule has 20 heavy (non-hydrogen) atoms. The van der Waals surface area contributed by atoms with Crippen molar-refractivity contribution < 1.29 is 13.2 Å². The van der Waals surface area contributed by atoms with Gasteiger partial charge in [0.1, 0.15) is 11.6 Å². The lowest BCUT2D eigenvalue weighted by Crippen LogP contribution is -2.26. The Labute approximate surface area is 121 Å². The van der Waals surface area contributed by atoms with Gasteiger partial charge in [0.25, 0.3) is 0 Å². The Hall–Kier alpha value is -1.11. The predicted molar refractivity (Wildman–Crippen MR) is 80.9 cm³/mol. The van der Waals surface area contributed by atoms with E-state index in [1.54, 1.807) is 20.1 Å². The lowest BCUT2D eigenvalue weighted by molar-refractivity contribution is 0.410. The third-order valence-corrected chi connectivity index (χ3v) is 5.19. The van der Waals surface area contributed by atoms with Crippen LogP contribution < -0.4 is 15.8 Å². The maximum atomic E-state index is 12.5. The summed E-state index contributed by atoms with van der Waals surface area (Å²) in [6, 6.07) is 1.77. The van der Waals surface area contributed by atoms with Crippen LogP contribution in [0.2, 0.25) is 0 Å². The van der Waals surface area contributed by atoms with Crippen molar-refractivity contribution in [1.29, 1.82) is 0 Å². The average Bonchev–Trinajstić information content (AvgIpc) is 2.38. The van der Waals surface area contributed by atoms with E-state index in [9.17, 15) is 8.42 Å². The summed E-state index contributed by atoms with van der Waals surface area (Å²) in [6.45, 7) is 6.63. The molecule has 0 atom stereocenters. The number of benzene rings is 1. The fraction of sp³-hybridized carbons (Fsp3) is 0.571. The second kappa shape index (κ2) is 7.06. The van der Waals surface area contributed by atoms with Gasteiger partial charge in [0, 0.05) is 0 Å². The first kappa shape index (κ1) is 16.9. The minimum Gasteiger partial charge on any atom is -0.496 e. The second-order valence-corrected chi connectivity index (χ2v) is 6.80. The highest BCUT2D eigenvalue weighted by Crippen LogP contribution is 2.30. The van der Waals surface area contributed by atoms with Crippen molar-refractivity contribution in [3.63, 3.8) is 0 Å². The van der Waals surface area contributed by atoms with E-state index in [0.717, 1.165) is 23.3 Å². The molecule has 0 aliphatic carbocycles. The zero-order valence-corrected chi connectivity index (χ0v) is 13.4. The lowest BCUT2D eigenvalue weighted by Gasteiger charge is -2.16. The van der Waals surface area contributed by atoms with E-state index in [2.05, 4.69) is 5.32 Å². The molecule has 3 N–H and O–H groups in total. The summed E-state index contributed by atoms with van der Waals surface area (Å²) < 4.78 is 30.2. The monoisotopic (exact) mass is 300 g/mol. The van der Waals surface area contributed by atoms with Crippen LogP contribution in [0.1, 0.15) is 23.1 Å². The Kier molecular flexibility index (Phi) is 5.98. The van der Waals surface area contributed by atoms with E-state index >= 15 is 0 Å². The maximum Gasteiger partial charge on any atom is 0.191 e. The molecule has 0 radical (unpaired) electrons. The SMILES string of the molecule is COc1cc(C)c(S(=O)(=O)CNCCCN)c(C)c1C. The van der Waals surface area contributed by atoms with Gasteiger partial charge in [-0.25, -0.2) is 8.42 Å². The highest BCUT2D eigenvalue weighted by molar-refractivity contribution is 7.91. The van der Waals surface area contributed by atoms with Crippen LogP contribution in [0.25, 0.3) is 0 Å². The molecule has 5 nitrogen and oxygen atoms in total. The molecular weight excluding hydrogens is 276 g/mol. The number of hydrogen-bond acceptors (Lipinski definition) is 5. The molecule has 1 aromatic rings. The zero-order valence-electron chi connectivity index (χ0n) is 12.6. The van der Waals surface area contributed by atoms with Gasteiger partial charge >= 0.3 is 0 Å². The molecular formula is C14H24N2O3S. The lowest BCUT2D eigenvalue weighted by atomic mass is 10.1. The summed E-state index contributed by atoms with van der Waals surface area (Å²) in [4.78, 5) is 0.399. The maximum absolute atomic E-state index is 12.5. The van der Waals surface area contributed by atoms with Gasteiger partial charge in [-0.05, 0) is 63.0 Å². The van der Waals surface area contributed by atoms with E-state index in [0.29, 0.717) is 23.5 Å². The Morgan fingerprint density at radius 1 is 1.25 bits per heavy atom. The van der Waals surface area contributed by atoms with Gasteiger partial charge in [0.2, 0.25) is 0 Å². The Bertz CT molecular complexity index is 568. The highest BCUT2D eigenvalue weighted by Gasteiger charge is 2.22. The van der Waals surface area contributed by atoms with Gasteiger partial charge in [-0.2, -0.15) is 0 Å². The van der Waals surface area contributed by atoms with Crippen LogP contribution in [0, 0.1) is 20.8 Å². The Balaban J connectivity index is 3.09. The van der Waals surface area contributed by atoms with Crippen LogP contribution >= 0.6 is 0 Å². The molecule has 0 aliphatic heterocycles. The molecule has 0 spiro atoms. The Morgan fingerprint density at radius 3 is 2.45 bits per heavy atom. The molecule has 0 unspecified atom stereocenters. The van der Waals surface area contributed by atoms with E-state index in [4.69, 9.17) is 10.5 Å². The molecule has 0 amide bonds. The van der Waals surface area contributed by atoms with E-state index in [1.165, 1.54) is 0 Å². The van der Waals surface area contributed by atoms with Gasteiger partial charge < -0.3 is 15.8 Å². The molecule has 0 saturated carbocycles. The van der Waals surface area contributed by atoms with E-state index in [-0.39, 0.29) is 5.88 Å². The van der Waals surface area contributed by atoms with Crippen LogP contribution in [0.15, 0.2) is 11.0 Å². The minimum atomic E-state index is -3.36. The summed E-state index contributed by atoms with van der Waals surface area (Å²) >= 11 is 0. The molecule has 0 aromatic heterocycles. The molecule has 0 aliphatic rings. The fourth-order valence-corrected chi connectivity index (χ4v) is 3.94. The molecule has 0 bridgehead atoms. The van der Waals surface area contributed by atoms with E-state index in [1.807, 2.05) is 13.8 Å². The number of ether oxygens (including phenoxy) is 1. The second-order valence-electron chi connectivity index (χ2n) is 4.88. The first-order valence-corrected chi connectivity index (χ1v) is 8.28. The molecule has 0 saturated heterocycles. The summed E-state index contributed by atoms with van der Waals surface area (Å²) in [5, 5.41) is 2.93. The van der Waals surface area contributed by atoms with Crippen LogP contribution in [-0.2, 0) is 9.84 Å². The summed E-state index contributed by atoms with van der Waals surface area (Å²) in [5.41, 5.74) is 7.71. The number of aryl methyl sites for hydroxylation is 1. The standard InChI is InChI=1S/C14H24N2O3S/c1-10-8-13(19-4)11(2)12(3)14(10)20(17,18)9-16-7-5-6-15/h8,16H,5-7,9,15H2,1-4H3. The third kappa shape index (κ3) is 3.71. The molecule has 0 fully saturated rings. The molecule has 1 aromatic carbocycles. The largest absolute Gasteiger partial charge is 0.496 e. The van der Waals surface area contributed by atoms with Crippen molar-refractivity contribution in [2.45, 2.75) is 32.1 Å². The van der Waals surface area contributed by atoms with Gasteiger partial charge in [0.05, 0.1) is 12.0 Å². The van der Waals surface area contributed by atoms with Crippen molar-refractivity contribution in [2.24, 2.45) is 5.73 Å². The van der Waals surface area contributed by atoms with Crippen molar-refractivity contribution in [2.75, 3.05) is 26.1 Å². The molecule has 0 heterocycles. The van der Waals surface area contributed by atoms with Crippen LogP contribution in [0.3, 0.4) is 0 Å². The van der Waals surface area contributed by atoms with Gasteiger partial charge in [0.15, 0.2) is 9.84 Å². The molecule has 1 rings (SSSR count).